The van der Waals surface area contributed by atoms with E-state index in [0.29, 0.717) is 5.56 Å². The molecule has 1 aromatic rings. The van der Waals surface area contributed by atoms with Crippen LogP contribution in [0.2, 0.25) is 0 Å². The number of benzene rings is 1. The van der Waals surface area contributed by atoms with Crippen LogP contribution in [0.4, 0.5) is 17.6 Å². The Labute approximate surface area is 102 Å². The van der Waals surface area contributed by atoms with E-state index >= 15 is 0 Å². The van der Waals surface area contributed by atoms with Gasteiger partial charge in [0.1, 0.15) is 12.4 Å². The van der Waals surface area contributed by atoms with Crippen LogP contribution < -0.4 is 5.73 Å². The van der Waals surface area contributed by atoms with Gasteiger partial charge in [0.25, 0.3) is 0 Å². The van der Waals surface area contributed by atoms with Gasteiger partial charge in [-0.3, -0.25) is 0 Å². The van der Waals surface area contributed by atoms with Crippen LogP contribution in [0, 0.1) is 17.7 Å². The van der Waals surface area contributed by atoms with E-state index in [1.54, 1.807) is 0 Å². The molecule has 0 aromatic heterocycles. The molecular formula is C12H11F4NO. The van der Waals surface area contributed by atoms with E-state index in [4.69, 9.17) is 5.73 Å². The number of alkyl halides is 3. The molecule has 2 N–H and O–H groups in total. The topological polar surface area (TPSA) is 35.2 Å². The summed E-state index contributed by atoms with van der Waals surface area (Å²) in [6.45, 7) is -1.55. The van der Waals surface area contributed by atoms with Gasteiger partial charge >= 0.3 is 6.18 Å². The summed E-state index contributed by atoms with van der Waals surface area (Å²) in [5.74, 6) is 4.58. The van der Waals surface area contributed by atoms with Crippen molar-refractivity contribution in [1.29, 1.82) is 0 Å². The highest BCUT2D eigenvalue weighted by molar-refractivity contribution is 5.41. The zero-order chi connectivity index (χ0) is 13.6. The molecule has 0 bridgehead atoms. The maximum Gasteiger partial charge on any atom is 0.411 e. The Kier molecular flexibility index (Phi) is 5.13. The lowest BCUT2D eigenvalue weighted by atomic mass is 10.1. The number of hydrogen-bond donors (Lipinski definition) is 1. The van der Waals surface area contributed by atoms with Crippen LogP contribution in [0.25, 0.3) is 0 Å². The summed E-state index contributed by atoms with van der Waals surface area (Å²) in [4.78, 5) is 0. The molecule has 0 amide bonds. The molecule has 0 aliphatic rings. The van der Waals surface area contributed by atoms with E-state index in [2.05, 4.69) is 16.6 Å². The van der Waals surface area contributed by atoms with Crippen LogP contribution in [-0.2, 0) is 11.3 Å². The number of nitrogens with two attached hydrogens (primary N) is 1. The number of ether oxygens (including phenoxy) is 1. The van der Waals surface area contributed by atoms with Crippen LogP contribution in [0.3, 0.4) is 0 Å². The highest BCUT2D eigenvalue weighted by atomic mass is 19.4. The van der Waals surface area contributed by atoms with Gasteiger partial charge in [0, 0.05) is 5.56 Å². The van der Waals surface area contributed by atoms with Crippen molar-refractivity contribution >= 4 is 0 Å². The minimum atomic E-state index is -4.39. The Morgan fingerprint density at radius 1 is 1.28 bits per heavy atom. The van der Waals surface area contributed by atoms with Crippen LogP contribution in [-0.4, -0.2) is 19.3 Å². The summed E-state index contributed by atoms with van der Waals surface area (Å²) < 4.78 is 53.2. The maximum absolute atomic E-state index is 13.0. The van der Waals surface area contributed by atoms with Crippen LogP contribution in [0.5, 0.6) is 0 Å². The van der Waals surface area contributed by atoms with Gasteiger partial charge in [-0.05, 0) is 17.7 Å². The zero-order valence-electron chi connectivity index (χ0n) is 9.35. The van der Waals surface area contributed by atoms with E-state index in [1.807, 2.05) is 0 Å². The SMILES string of the molecule is NCC#Cc1cc(F)ccc1COCC(F)(F)F. The second kappa shape index (κ2) is 6.38. The molecule has 0 aliphatic carbocycles. The molecule has 18 heavy (non-hydrogen) atoms. The van der Waals surface area contributed by atoms with E-state index in [-0.39, 0.29) is 18.7 Å². The quantitative estimate of drug-likeness (QED) is 0.669. The van der Waals surface area contributed by atoms with Crippen molar-refractivity contribution in [3.05, 3.63) is 35.1 Å². The number of hydrogen-bond acceptors (Lipinski definition) is 2. The van der Waals surface area contributed by atoms with Gasteiger partial charge in [0.15, 0.2) is 0 Å². The third-order valence-corrected chi connectivity index (χ3v) is 1.92. The molecule has 1 rings (SSSR count). The third kappa shape index (κ3) is 5.17. The van der Waals surface area contributed by atoms with Crippen molar-refractivity contribution in [1.82, 2.24) is 0 Å². The van der Waals surface area contributed by atoms with Crippen LogP contribution in [0.1, 0.15) is 11.1 Å². The maximum atomic E-state index is 13.0. The van der Waals surface area contributed by atoms with Crippen LogP contribution >= 0.6 is 0 Å². The van der Waals surface area contributed by atoms with Crippen molar-refractivity contribution in [2.75, 3.05) is 13.2 Å². The average Bonchev–Trinajstić information content (AvgIpc) is 2.27. The minimum Gasteiger partial charge on any atom is -0.367 e. The molecule has 0 saturated heterocycles. The summed E-state index contributed by atoms with van der Waals surface area (Å²) >= 11 is 0. The predicted octanol–water partition coefficient (Wildman–Crippen LogP) is 2.21. The second-order valence-corrected chi connectivity index (χ2v) is 3.42. The van der Waals surface area contributed by atoms with E-state index in [1.165, 1.54) is 6.07 Å². The fraction of sp³-hybridized carbons (Fsp3) is 0.333. The van der Waals surface area contributed by atoms with E-state index in [0.717, 1.165) is 12.1 Å². The summed E-state index contributed by atoms with van der Waals surface area (Å²) in [7, 11) is 0. The van der Waals surface area contributed by atoms with Crippen molar-refractivity contribution < 1.29 is 22.3 Å². The molecular weight excluding hydrogens is 250 g/mol. The molecule has 6 heteroatoms. The Hall–Kier alpha value is -1.58. The molecule has 1 aromatic carbocycles. The van der Waals surface area contributed by atoms with Crippen molar-refractivity contribution in [2.45, 2.75) is 12.8 Å². The first-order valence-corrected chi connectivity index (χ1v) is 5.04. The van der Waals surface area contributed by atoms with Crippen molar-refractivity contribution in [3.63, 3.8) is 0 Å². The molecule has 0 spiro atoms. The lowest BCUT2D eigenvalue weighted by Gasteiger charge is -2.09. The Morgan fingerprint density at radius 3 is 2.61 bits per heavy atom. The standard InChI is InChI=1S/C12H11F4NO/c13-11-4-3-10(7-18-8-12(14,15)16)9(6-11)2-1-5-17/h3-4,6H,5,7-8,17H2. The first kappa shape index (κ1) is 14.5. The molecule has 0 saturated carbocycles. The zero-order valence-corrected chi connectivity index (χ0v) is 9.35. The largest absolute Gasteiger partial charge is 0.411 e. The van der Waals surface area contributed by atoms with E-state index < -0.39 is 18.6 Å². The summed E-state index contributed by atoms with van der Waals surface area (Å²) in [6, 6.07) is 3.61. The highest BCUT2D eigenvalue weighted by Gasteiger charge is 2.27. The fourth-order valence-electron chi connectivity index (χ4n) is 1.21. The van der Waals surface area contributed by atoms with Gasteiger partial charge in [-0.2, -0.15) is 13.2 Å². The van der Waals surface area contributed by atoms with E-state index in [9.17, 15) is 17.6 Å². The van der Waals surface area contributed by atoms with Gasteiger partial charge < -0.3 is 10.5 Å². The minimum absolute atomic E-state index is 0.0827. The van der Waals surface area contributed by atoms with Gasteiger partial charge in [-0.25, -0.2) is 4.39 Å². The normalized spacial score (nSPS) is 10.9. The predicted molar refractivity (Wildman–Crippen MR) is 58.0 cm³/mol. The summed E-state index contributed by atoms with van der Waals surface area (Å²) in [6.07, 6.45) is -4.39. The highest BCUT2D eigenvalue weighted by Crippen LogP contribution is 2.17. The van der Waals surface area contributed by atoms with Crippen molar-refractivity contribution in [3.8, 4) is 11.8 Å². The van der Waals surface area contributed by atoms with Crippen LogP contribution in [0.15, 0.2) is 18.2 Å². The molecule has 0 heterocycles. The van der Waals surface area contributed by atoms with Gasteiger partial charge in [0.2, 0.25) is 0 Å². The third-order valence-electron chi connectivity index (χ3n) is 1.92. The summed E-state index contributed by atoms with van der Waals surface area (Å²) in [5, 5.41) is 0. The van der Waals surface area contributed by atoms with Crippen molar-refractivity contribution in [2.24, 2.45) is 5.73 Å². The molecule has 0 unspecified atom stereocenters. The molecule has 98 valence electrons. The Morgan fingerprint density at radius 2 is 2.00 bits per heavy atom. The molecule has 0 radical (unpaired) electrons. The van der Waals surface area contributed by atoms with Gasteiger partial charge in [-0.1, -0.05) is 17.9 Å². The second-order valence-electron chi connectivity index (χ2n) is 3.42. The van der Waals surface area contributed by atoms with Gasteiger partial charge in [0.05, 0.1) is 13.2 Å². The monoisotopic (exact) mass is 261 g/mol. The summed E-state index contributed by atoms with van der Waals surface area (Å²) in [5.41, 5.74) is 5.84. The number of rotatable bonds is 3. The first-order chi connectivity index (χ1) is 8.42. The lowest BCUT2D eigenvalue weighted by Crippen LogP contribution is -2.17. The smallest absolute Gasteiger partial charge is 0.367 e. The molecule has 0 atom stereocenters. The van der Waals surface area contributed by atoms with Gasteiger partial charge in [-0.15, -0.1) is 0 Å². The fourth-order valence-corrected chi connectivity index (χ4v) is 1.21. The Bertz CT molecular complexity index is 459. The molecule has 2 nitrogen and oxygen atoms in total. The average molecular weight is 261 g/mol. The first-order valence-electron chi connectivity index (χ1n) is 5.04. The number of halogens is 4. The lowest BCUT2D eigenvalue weighted by molar-refractivity contribution is -0.176. The molecule has 0 fully saturated rings. The Balaban J connectivity index is 2.75. The molecule has 0 aliphatic heterocycles.